The molecule has 4 nitrogen and oxygen atoms in total. The summed E-state index contributed by atoms with van der Waals surface area (Å²) in [6, 6.07) is 0. The van der Waals surface area contributed by atoms with Gasteiger partial charge in [-0.1, -0.05) is 6.92 Å². The van der Waals surface area contributed by atoms with Crippen LogP contribution in [0.5, 0.6) is 0 Å². The van der Waals surface area contributed by atoms with Crippen LogP contribution in [0.25, 0.3) is 0 Å². The van der Waals surface area contributed by atoms with Crippen LogP contribution >= 0.6 is 11.3 Å². The van der Waals surface area contributed by atoms with Gasteiger partial charge in [-0.15, -0.1) is 11.3 Å². The number of nitrogens with two attached hydrogens (primary N) is 1. The van der Waals surface area contributed by atoms with Crippen molar-refractivity contribution in [2.45, 2.75) is 19.4 Å². The lowest BCUT2D eigenvalue weighted by molar-refractivity contribution is 0.125. The predicted molar refractivity (Wildman–Crippen MR) is 51.4 cm³/mol. The summed E-state index contributed by atoms with van der Waals surface area (Å²) in [6.45, 7) is 3.09. The van der Waals surface area contributed by atoms with E-state index in [0.717, 1.165) is 10.7 Å². The van der Waals surface area contributed by atoms with E-state index in [1.807, 2.05) is 12.3 Å². The number of hydrogen-bond acceptors (Lipinski definition) is 5. The van der Waals surface area contributed by atoms with E-state index in [0.29, 0.717) is 13.2 Å². The Kier molecular flexibility index (Phi) is 4.31. The lowest BCUT2D eigenvalue weighted by Gasteiger charge is -2.04. The lowest BCUT2D eigenvalue weighted by Crippen LogP contribution is -2.08. The summed E-state index contributed by atoms with van der Waals surface area (Å²) in [4.78, 5) is 8.94. The number of thiazole rings is 1. The smallest absolute Gasteiger partial charge is 0.119 e. The molecule has 5 heteroatoms. The molecule has 0 fully saturated rings. The van der Waals surface area contributed by atoms with Crippen LogP contribution in [-0.4, -0.2) is 18.7 Å². The number of rotatable bonds is 5. The first kappa shape index (κ1) is 10.6. The third-order valence-electron chi connectivity index (χ3n) is 1.69. The van der Waals surface area contributed by atoms with E-state index in [1.165, 1.54) is 0 Å². The van der Waals surface area contributed by atoms with Gasteiger partial charge in [0.15, 0.2) is 0 Å². The Morgan fingerprint density at radius 3 is 3.08 bits per heavy atom. The van der Waals surface area contributed by atoms with E-state index in [1.54, 1.807) is 18.4 Å². The fourth-order valence-corrected chi connectivity index (χ4v) is 1.86. The zero-order valence-electron chi connectivity index (χ0n) is 7.82. The summed E-state index contributed by atoms with van der Waals surface area (Å²) in [5, 5.41) is 3.00. The Hall–Kier alpha value is -0.490. The molecule has 13 heavy (non-hydrogen) atoms. The minimum atomic E-state index is 0.242. The van der Waals surface area contributed by atoms with Crippen LogP contribution in [0.4, 0.5) is 0 Å². The van der Waals surface area contributed by atoms with Crippen molar-refractivity contribution in [3.63, 3.8) is 0 Å². The van der Waals surface area contributed by atoms with E-state index < -0.39 is 0 Å². The van der Waals surface area contributed by atoms with E-state index in [2.05, 4.69) is 9.82 Å². The molecule has 0 saturated carbocycles. The van der Waals surface area contributed by atoms with Gasteiger partial charge in [0.1, 0.15) is 5.01 Å². The van der Waals surface area contributed by atoms with Gasteiger partial charge >= 0.3 is 0 Å². The molecule has 1 aromatic heterocycles. The van der Waals surface area contributed by atoms with Crippen LogP contribution in [0.2, 0.25) is 0 Å². The van der Waals surface area contributed by atoms with Crippen molar-refractivity contribution in [3.05, 3.63) is 16.1 Å². The third-order valence-corrected chi connectivity index (χ3v) is 2.53. The topological polar surface area (TPSA) is 57.4 Å². The van der Waals surface area contributed by atoms with Gasteiger partial charge in [0.05, 0.1) is 18.9 Å². The van der Waals surface area contributed by atoms with Gasteiger partial charge in [-0.2, -0.15) is 0 Å². The maximum absolute atomic E-state index is 4.98. The molecule has 0 aliphatic heterocycles. The Labute approximate surface area is 81.6 Å². The van der Waals surface area contributed by atoms with Crippen molar-refractivity contribution < 1.29 is 9.57 Å². The molecule has 1 heterocycles. The normalized spacial score (nSPS) is 13.2. The van der Waals surface area contributed by atoms with Gasteiger partial charge in [-0.05, 0) is 0 Å². The molecule has 0 aromatic carbocycles. The number of ether oxygens (including phenoxy) is 1. The monoisotopic (exact) mass is 202 g/mol. The molecule has 74 valence electrons. The zero-order valence-corrected chi connectivity index (χ0v) is 8.63. The van der Waals surface area contributed by atoms with Gasteiger partial charge in [0.25, 0.3) is 0 Å². The standard InChI is InChI=1S/C8H14N2O2S/c1-6(3-12-9)7-5-13-8(10-7)4-11-2/h5-6H,3-4,9H2,1-2H3. The fourth-order valence-electron chi connectivity index (χ4n) is 0.971. The summed E-state index contributed by atoms with van der Waals surface area (Å²) >= 11 is 1.60. The SMILES string of the molecule is COCc1nc(C(C)CON)cs1. The van der Waals surface area contributed by atoms with E-state index in [4.69, 9.17) is 10.6 Å². The van der Waals surface area contributed by atoms with Crippen LogP contribution < -0.4 is 5.90 Å². The lowest BCUT2D eigenvalue weighted by atomic mass is 10.1. The van der Waals surface area contributed by atoms with E-state index in [9.17, 15) is 0 Å². The molecule has 2 N–H and O–H groups in total. The Morgan fingerprint density at radius 2 is 2.46 bits per heavy atom. The second kappa shape index (κ2) is 5.29. The largest absolute Gasteiger partial charge is 0.378 e. The molecule has 0 saturated heterocycles. The average molecular weight is 202 g/mol. The molecule has 0 spiro atoms. The maximum Gasteiger partial charge on any atom is 0.119 e. The first-order valence-corrected chi connectivity index (χ1v) is 4.90. The average Bonchev–Trinajstić information content (AvgIpc) is 2.54. The van der Waals surface area contributed by atoms with Gasteiger partial charge in [-0.25, -0.2) is 10.9 Å². The van der Waals surface area contributed by atoms with Crippen molar-refractivity contribution >= 4 is 11.3 Å². The van der Waals surface area contributed by atoms with Gasteiger partial charge in [-0.3, -0.25) is 0 Å². The molecule has 0 amide bonds. The quantitative estimate of drug-likeness (QED) is 0.731. The summed E-state index contributed by atoms with van der Waals surface area (Å²) in [6.07, 6.45) is 0. The maximum atomic E-state index is 4.98. The number of nitrogens with zero attached hydrogens (tertiary/aromatic N) is 1. The molecule has 1 unspecified atom stereocenters. The fraction of sp³-hybridized carbons (Fsp3) is 0.625. The molecule has 1 atom stereocenters. The second-order valence-corrected chi connectivity index (χ2v) is 3.78. The van der Waals surface area contributed by atoms with Gasteiger partial charge < -0.3 is 9.57 Å². The van der Waals surface area contributed by atoms with Crippen molar-refractivity contribution in [1.82, 2.24) is 4.98 Å². The minimum absolute atomic E-state index is 0.242. The van der Waals surface area contributed by atoms with Crippen LogP contribution in [0, 0.1) is 0 Å². The van der Waals surface area contributed by atoms with Crippen molar-refractivity contribution in [2.75, 3.05) is 13.7 Å². The predicted octanol–water partition coefficient (Wildman–Crippen LogP) is 1.28. The first-order valence-electron chi connectivity index (χ1n) is 4.02. The molecular formula is C8H14N2O2S. The highest BCUT2D eigenvalue weighted by molar-refractivity contribution is 7.09. The van der Waals surface area contributed by atoms with Gasteiger partial charge in [0, 0.05) is 18.4 Å². The Bertz CT molecular complexity index is 252. The van der Waals surface area contributed by atoms with Crippen LogP contribution in [0.3, 0.4) is 0 Å². The number of methoxy groups -OCH3 is 1. The van der Waals surface area contributed by atoms with Gasteiger partial charge in [0.2, 0.25) is 0 Å². The molecule has 0 bridgehead atoms. The summed E-state index contributed by atoms with van der Waals surface area (Å²) in [7, 11) is 1.66. The highest BCUT2D eigenvalue weighted by Gasteiger charge is 2.09. The molecule has 1 aromatic rings. The summed E-state index contributed by atoms with van der Waals surface area (Å²) in [5.74, 6) is 5.23. The minimum Gasteiger partial charge on any atom is -0.378 e. The van der Waals surface area contributed by atoms with Crippen molar-refractivity contribution in [3.8, 4) is 0 Å². The molecule has 0 aliphatic carbocycles. The first-order chi connectivity index (χ1) is 6.27. The highest BCUT2D eigenvalue weighted by atomic mass is 32.1. The highest BCUT2D eigenvalue weighted by Crippen LogP contribution is 2.18. The number of hydrogen-bond donors (Lipinski definition) is 1. The van der Waals surface area contributed by atoms with Crippen LogP contribution in [-0.2, 0) is 16.2 Å². The molecule has 1 rings (SSSR count). The van der Waals surface area contributed by atoms with Crippen molar-refractivity contribution in [2.24, 2.45) is 5.90 Å². The molecular weight excluding hydrogens is 188 g/mol. The molecule has 0 radical (unpaired) electrons. The zero-order chi connectivity index (χ0) is 9.68. The van der Waals surface area contributed by atoms with E-state index in [-0.39, 0.29) is 5.92 Å². The Balaban J connectivity index is 2.56. The third kappa shape index (κ3) is 3.04. The Morgan fingerprint density at radius 1 is 1.69 bits per heavy atom. The van der Waals surface area contributed by atoms with E-state index >= 15 is 0 Å². The van der Waals surface area contributed by atoms with Crippen molar-refractivity contribution in [1.29, 1.82) is 0 Å². The molecule has 0 aliphatic rings. The van der Waals surface area contributed by atoms with Crippen LogP contribution in [0.1, 0.15) is 23.5 Å². The second-order valence-electron chi connectivity index (χ2n) is 2.83. The summed E-state index contributed by atoms with van der Waals surface area (Å²) < 4.78 is 4.97. The summed E-state index contributed by atoms with van der Waals surface area (Å²) in [5.41, 5.74) is 1.02. The number of aromatic nitrogens is 1. The van der Waals surface area contributed by atoms with Crippen LogP contribution in [0.15, 0.2) is 5.38 Å².